The van der Waals surface area contributed by atoms with Crippen molar-refractivity contribution >= 4 is 11.6 Å². The lowest BCUT2D eigenvalue weighted by molar-refractivity contribution is 0.269. The summed E-state index contributed by atoms with van der Waals surface area (Å²) in [6.07, 6.45) is 2.48. The molecule has 1 saturated heterocycles. The van der Waals surface area contributed by atoms with E-state index in [4.69, 9.17) is 21.1 Å². The summed E-state index contributed by atoms with van der Waals surface area (Å²) in [5, 5.41) is 7.56. The van der Waals surface area contributed by atoms with Crippen molar-refractivity contribution in [1.82, 2.24) is 10.6 Å². The van der Waals surface area contributed by atoms with Crippen LogP contribution in [0.25, 0.3) is 0 Å². The molecule has 0 radical (unpaired) electrons. The molecule has 0 saturated carbocycles. The Balaban J connectivity index is 1.62. The van der Waals surface area contributed by atoms with Gasteiger partial charge in [-0.1, -0.05) is 41.9 Å². The van der Waals surface area contributed by atoms with Crippen LogP contribution in [-0.4, -0.2) is 26.2 Å². The zero-order chi connectivity index (χ0) is 18.9. The van der Waals surface area contributed by atoms with Gasteiger partial charge >= 0.3 is 0 Å². The van der Waals surface area contributed by atoms with Crippen LogP contribution in [0.15, 0.2) is 42.5 Å². The first-order chi connectivity index (χ1) is 13.3. The van der Waals surface area contributed by atoms with Gasteiger partial charge in [0.1, 0.15) is 6.61 Å². The molecular weight excluding hydrogens is 360 g/mol. The zero-order valence-corrected chi connectivity index (χ0v) is 16.7. The van der Waals surface area contributed by atoms with Gasteiger partial charge in [0.05, 0.1) is 11.6 Å². The molecule has 27 heavy (non-hydrogen) atoms. The first-order valence-electron chi connectivity index (χ1n) is 9.79. The Morgan fingerprint density at radius 2 is 1.85 bits per heavy atom. The Morgan fingerprint density at radius 1 is 1.07 bits per heavy atom. The molecule has 3 rings (SSSR count). The van der Waals surface area contributed by atoms with E-state index in [1.807, 2.05) is 49.4 Å². The van der Waals surface area contributed by atoms with E-state index < -0.39 is 0 Å². The second-order valence-corrected chi connectivity index (χ2v) is 7.34. The average Bonchev–Trinajstić information content (AvgIpc) is 2.69. The van der Waals surface area contributed by atoms with Gasteiger partial charge in [-0.15, -0.1) is 0 Å². The first kappa shape index (κ1) is 20.0. The Hall–Kier alpha value is -1.75. The van der Waals surface area contributed by atoms with Crippen LogP contribution in [0.1, 0.15) is 30.9 Å². The molecule has 1 aliphatic heterocycles. The number of piperidine rings is 1. The van der Waals surface area contributed by atoms with Crippen LogP contribution in [-0.2, 0) is 13.2 Å². The van der Waals surface area contributed by atoms with Gasteiger partial charge < -0.3 is 20.1 Å². The monoisotopic (exact) mass is 388 g/mol. The van der Waals surface area contributed by atoms with Crippen LogP contribution in [0.3, 0.4) is 0 Å². The van der Waals surface area contributed by atoms with Crippen molar-refractivity contribution in [1.29, 1.82) is 0 Å². The summed E-state index contributed by atoms with van der Waals surface area (Å²) in [4.78, 5) is 0. The second-order valence-electron chi connectivity index (χ2n) is 6.94. The Bertz CT molecular complexity index is 703. The number of rotatable bonds is 9. The van der Waals surface area contributed by atoms with Gasteiger partial charge in [-0.05, 0) is 68.6 Å². The van der Waals surface area contributed by atoms with Gasteiger partial charge in [0.25, 0.3) is 0 Å². The quantitative estimate of drug-likeness (QED) is 0.667. The van der Waals surface area contributed by atoms with Gasteiger partial charge in [0.15, 0.2) is 11.5 Å². The highest BCUT2D eigenvalue weighted by Gasteiger charge is 2.15. The Labute approximate surface area is 167 Å². The number of hydrogen-bond donors (Lipinski definition) is 2. The van der Waals surface area contributed by atoms with E-state index >= 15 is 0 Å². The predicted octanol–water partition coefficient (Wildman–Crippen LogP) is 4.41. The van der Waals surface area contributed by atoms with Crippen molar-refractivity contribution in [2.75, 3.05) is 26.2 Å². The van der Waals surface area contributed by atoms with E-state index in [0.717, 1.165) is 43.2 Å². The van der Waals surface area contributed by atoms with E-state index in [0.29, 0.717) is 29.7 Å². The number of halogens is 1. The van der Waals surface area contributed by atoms with Crippen molar-refractivity contribution in [2.24, 2.45) is 5.92 Å². The third-order valence-corrected chi connectivity index (χ3v) is 5.10. The average molecular weight is 389 g/mol. The first-order valence-corrected chi connectivity index (χ1v) is 10.2. The van der Waals surface area contributed by atoms with Crippen LogP contribution in [0.5, 0.6) is 11.5 Å². The number of benzene rings is 2. The standard InChI is InChI=1S/C22H29ClN2O2/c1-2-26-21-13-19(15-25-14-17-8-10-24-11-9-17)12-20(23)22(21)27-16-18-6-4-3-5-7-18/h3-7,12-13,17,24-25H,2,8-11,14-16H2,1H3. The fourth-order valence-electron chi connectivity index (χ4n) is 3.36. The molecule has 1 aliphatic rings. The molecule has 4 nitrogen and oxygen atoms in total. The third-order valence-electron chi connectivity index (χ3n) is 4.82. The molecule has 5 heteroatoms. The highest BCUT2D eigenvalue weighted by Crippen LogP contribution is 2.37. The summed E-state index contributed by atoms with van der Waals surface area (Å²) in [7, 11) is 0. The minimum atomic E-state index is 0.466. The summed E-state index contributed by atoms with van der Waals surface area (Å²) in [5.74, 6) is 2.07. The molecule has 0 aliphatic carbocycles. The molecule has 2 N–H and O–H groups in total. The molecule has 146 valence electrons. The van der Waals surface area contributed by atoms with Gasteiger partial charge in [-0.2, -0.15) is 0 Å². The summed E-state index contributed by atoms with van der Waals surface area (Å²) in [5.41, 5.74) is 2.22. The molecule has 0 amide bonds. The van der Waals surface area contributed by atoms with E-state index in [-0.39, 0.29) is 0 Å². The number of ether oxygens (including phenoxy) is 2. The summed E-state index contributed by atoms with van der Waals surface area (Å²) in [6.45, 7) is 7.08. The predicted molar refractivity (Wildman–Crippen MR) is 111 cm³/mol. The van der Waals surface area contributed by atoms with E-state index in [1.165, 1.54) is 12.8 Å². The largest absolute Gasteiger partial charge is 0.490 e. The van der Waals surface area contributed by atoms with Crippen molar-refractivity contribution < 1.29 is 9.47 Å². The van der Waals surface area contributed by atoms with E-state index in [9.17, 15) is 0 Å². The van der Waals surface area contributed by atoms with Gasteiger partial charge in [0, 0.05) is 6.54 Å². The lowest BCUT2D eigenvalue weighted by Crippen LogP contribution is -2.33. The van der Waals surface area contributed by atoms with Gasteiger partial charge in [-0.25, -0.2) is 0 Å². The second kappa shape index (κ2) is 10.5. The number of nitrogens with one attached hydrogen (secondary N) is 2. The molecule has 2 aromatic rings. The highest BCUT2D eigenvalue weighted by molar-refractivity contribution is 6.32. The van der Waals surface area contributed by atoms with Gasteiger partial charge in [-0.3, -0.25) is 0 Å². The molecule has 1 fully saturated rings. The number of hydrogen-bond acceptors (Lipinski definition) is 4. The fraction of sp³-hybridized carbons (Fsp3) is 0.455. The lowest BCUT2D eigenvalue weighted by Gasteiger charge is -2.23. The maximum Gasteiger partial charge on any atom is 0.180 e. The molecule has 0 unspecified atom stereocenters. The Kier molecular flexibility index (Phi) is 7.81. The minimum absolute atomic E-state index is 0.466. The third kappa shape index (κ3) is 6.13. The minimum Gasteiger partial charge on any atom is -0.490 e. The summed E-state index contributed by atoms with van der Waals surface area (Å²) < 4.78 is 11.8. The van der Waals surface area contributed by atoms with Crippen LogP contribution in [0.4, 0.5) is 0 Å². The van der Waals surface area contributed by atoms with Crippen LogP contribution in [0, 0.1) is 5.92 Å². The van der Waals surface area contributed by atoms with Crippen LogP contribution >= 0.6 is 11.6 Å². The SMILES string of the molecule is CCOc1cc(CNCC2CCNCC2)cc(Cl)c1OCc1ccccc1. The molecule has 2 aromatic carbocycles. The van der Waals surface area contributed by atoms with Crippen molar-refractivity contribution in [2.45, 2.75) is 32.9 Å². The van der Waals surface area contributed by atoms with Crippen molar-refractivity contribution in [3.63, 3.8) is 0 Å². The lowest BCUT2D eigenvalue weighted by atomic mass is 9.98. The van der Waals surface area contributed by atoms with Crippen LogP contribution in [0.2, 0.25) is 5.02 Å². The fourth-order valence-corrected chi connectivity index (χ4v) is 3.65. The summed E-state index contributed by atoms with van der Waals surface area (Å²) in [6, 6.07) is 14.1. The molecule has 0 spiro atoms. The van der Waals surface area contributed by atoms with Crippen LogP contribution < -0.4 is 20.1 Å². The molecule has 1 heterocycles. The molecule has 0 atom stereocenters. The molecule has 0 bridgehead atoms. The van der Waals surface area contributed by atoms with E-state index in [1.54, 1.807) is 0 Å². The maximum absolute atomic E-state index is 6.52. The highest BCUT2D eigenvalue weighted by atomic mass is 35.5. The molecule has 0 aromatic heterocycles. The van der Waals surface area contributed by atoms with Crippen molar-refractivity contribution in [3.05, 3.63) is 58.6 Å². The normalized spacial score (nSPS) is 14.9. The molecular formula is C22H29ClN2O2. The summed E-state index contributed by atoms with van der Waals surface area (Å²) >= 11 is 6.52. The topological polar surface area (TPSA) is 42.5 Å². The smallest absolute Gasteiger partial charge is 0.180 e. The van der Waals surface area contributed by atoms with Crippen molar-refractivity contribution in [3.8, 4) is 11.5 Å². The van der Waals surface area contributed by atoms with E-state index in [2.05, 4.69) is 10.6 Å². The zero-order valence-electron chi connectivity index (χ0n) is 16.0. The van der Waals surface area contributed by atoms with Gasteiger partial charge in [0.2, 0.25) is 0 Å². The Morgan fingerprint density at radius 3 is 2.59 bits per heavy atom. The maximum atomic E-state index is 6.52.